The van der Waals surface area contributed by atoms with Crippen LogP contribution in [0.2, 0.25) is 0 Å². The fourth-order valence-corrected chi connectivity index (χ4v) is 5.78. The third-order valence-electron chi connectivity index (χ3n) is 7.27. The third kappa shape index (κ3) is 2.29. The molecule has 0 aliphatic heterocycles. The standard InChI is InChI=1S/C32H18N2/c1-2-8-22-21(7-1)26(20-13-12-19-6-4-14-33-30(19)16-20)17-28-24-10-3-9-23-25-11-5-15-34-32(25)29(31(23)24)18-27(22)28/h1-18H. The summed E-state index contributed by atoms with van der Waals surface area (Å²) in [5, 5.41) is 8.84. The zero-order valence-corrected chi connectivity index (χ0v) is 18.3. The number of nitrogens with zero attached hydrogens (tertiary/aromatic N) is 2. The third-order valence-corrected chi connectivity index (χ3v) is 7.27. The van der Waals surface area contributed by atoms with E-state index in [2.05, 4.69) is 89.9 Å². The Morgan fingerprint density at radius 1 is 0.441 bits per heavy atom. The molecule has 5 aromatic carbocycles. The molecule has 0 radical (unpaired) electrons. The van der Waals surface area contributed by atoms with Gasteiger partial charge in [0.05, 0.1) is 11.2 Å². The lowest BCUT2D eigenvalue weighted by Crippen LogP contribution is -1.88. The second-order valence-corrected chi connectivity index (χ2v) is 9.03. The molecule has 0 amide bonds. The lowest BCUT2D eigenvalue weighted by atomic mass is 9.89. The molecule has 0 fully saturated rings. The normalized spacial score (nSPS) is 12.1. The van der Waals surface area contributed by atoms with Crippen LogP contribution in [0.5, 0.6) is 0 Å². The fraction of sp³-hybridized carbons (Fsp3) is 0. The first-order chi connectivity index (χ1) is 16.9. The summed E-state index contributed by atoms with van der Waals surface area (Å²) in [5.41, 5.74) is 8.28. The molecule has 0 unspecified atom stereocenters. The Balaban J connectivity index is 1.54. The molecule has 1 aliphatic carbocycles. The maximum Gasteiger partial charge on any atom is 0.0787 e. The van der Waals surface area contributed by atoms with Gasteiger partial charge in [0.1, 0.15) is 0 Å². The number of fused-ring (bicyclic) bond motifs is 8. The number of aromatic nitrogens is 2. The smallest absolute Gasteiger partial charge is 0.0787 e. The first-order valence-electron chi connectivity index (χ1n) is 11.6. The zero-order valence-electron chi connectivity index (χ0n) is 18.3. The summed E-state index contributed by atoms with van der Waals surface area (Å²) < 4.78 is 0. The predicted octanol–water partition coefficient (Wildman–Crippen LogP) is 8.40. The quantitative estimate of drug-likeness (QED) is 0.244. The van der Waals surface area contributed by atoms with Crippen LogP contribution in [-0.4, -0.2) is 9.97 Å². The number of hydrogen-bond acceptors (Lipinski definition) is 2. The van der Waals surface area contributed by atoms with E-state index in [0.29, 0.717) is 0 Å². The number of pyridine rings is 2. The summed E-state index contributed by atoms with van der Waals surface area (Å²) in [7, 11) is 0. The predicted molar refractivity (Wildman–Crippen MR) is 142 cm³/mol. The molecule has 2 aromatic heterocycles. The van der Waals surface area contributed by atoms with Crippen molar-refractivity contribution in [3.05, 3.63) is 109 Å². The van der Waals surface area contributed by atoms with Crippen LogP contribution in [0.25, 0.3) is 76.7 Å². The summed E-state index contributed by atoms with van der Waals surface area (Å²) >= 11 is 0. The van der Waals surface area contributed by atoms with Crippen molar-refractivity contribution in [2.45, 2.75) is 0 Å². The van der Waals surface area contributed by atoms with Crippen molar-refractivity contribution in [3.63, 3.8) is 0 Å². The van der Waals surface area contributed by atoms with Crippen molar-refractivity contribution in [1.29, 1.82) is 0 Å². The van der Waals surface area contributed by atoms with Gasteiger partial charge in [0.25, 0.3) is 0 Å². The Bertz CT molecular complexity index is 1970. The molecule has 1 aliphatic rings. The van der Waals surface area contributed by atoms with Gasteiger partial charge < -0.3 is 0 Å². The van der Waals surface area contributed by atoms with Gasteiger partial charge in [-0.1, -0.05) is 66.7 Å². The molecule has 0 N–H and O–H groups in total. The van der Waals surface area contributed by atoms with Gasteiger partial charge in [-0.2, -0.15) is 0 Å². The highest BCUT2D eigenvalue weighted by Crippen LogP contribution is 2.50. The minimum atomic E-state index is 1.02. The Hall–Kier alpha value is -4.56. The van der Waals surface area contributed by atoms with Crippen molar-refractivity contribution >= 4 is 43.2 Å². The van der Waals surface area contributed by atoms with E-state index >= 15 is 0 Å². The highest BCUT2D eigenvalue weighted by Gasteiger charge is 2.24. The van der Waals surface area contributed by atoms with Crippen LogP contribution in [0.4, 0.5) is 0 Å². The van der Waals surface area contributed by atoms with E-state index in [0.717, 1.165) is 16.6 Å². The number of hydrogen-bond donors (Lipinski definition) is 0. The van der Waals surface area contributed by atoms with Gasteiger partial charge in [0.2, 0.25) is 0 Å². The van der Waals surface area contributed by atoms with Crippen LogP contribution in [0.3, 0.4) is 0 Å². The largest absolute Gasteiger partial charge is 0.256 e. The maximum atomic E-state index is 4.77. The van der Waals surface area contributed by atoms with E-state index < -0.39 is 0 Å². The SMILES string of the molecule is c1cnc2c(c1)-c1cccc3c1c-2cc1c2ccccc2c(-c2ccc4cccnc4c2)cc31. The summed E-state index contributed by atoms with van der Waals surface area (Å²) in [5.74, 6) is 0. The molecule has 156 valence electrons. The van der Waals surface area contributed by atoms with E-state index in [1.54, 1.807) is 0 Å². The van der Waals surface area contributed by atoms with Crippen LogP contribution < -0.4 is 0 Å². The molecular weight excluding hydrogens is 412 g/mol. The van der Waals surface area contributed by atoms with Crippen molar-refractivity contribution in [2.24, 2.45) is 0 Å². The molecule has 34 heavy (non-hydrogen) atoms. The van der Waals surface area contributed by atoms with Crippen LogP contribution in [0.15, 0.2) is 109 Å². The van der Waals surface area contributed by atoms with E-state index in [-0.39, 0.29) is 0 Å². The molecule has 0 bridgehead atoms. The molecule has 7 aromatic rings. The van der Waals surface area contributed by atoms with Gasteiger partial charge in [0.15, 0.2) is 0 Å². The minimum Gasteiger partial charge on any atom is -0.256 e. The number of benzene rings is 5. The monoisotopic (exact) mass is 430 g/mol. The van der Waals surface area contributed by atoms with Crippen molar-refractivity contribution in [2.75, 3.05) is 0 Å². The van der Waals surface area contributed by atoms with E-state index in [4.69, 9.17) is 4.98 Å². The fourth-order valence-electron chi connectivity index (χ4n) is 5.78. The second kappa shape index (κ2) is 6.49. The van der Waals surface area contributed by atoms with E-state index in [1.807, 2.05) is 24.5 Å². The van der Waals surface area contributed by atoms with Crippen molar-refractivity contribution in [3.8, 4) is 33.5 Å². The summed E-state index contributed by atoms with van der Waals surface area (Å²) in [6.45, 7) is 0. The summed E-state index contributed by atoms with van der Waals surface area (Å²) in [4.78, 5) is 9.38. The lowest BCUT2D eigenvalue weighted by Gasteiger charge is -2.14. The van der Waals surface area contributed by atoms with Gasteiger partial charge in [-0.25, -0.2) is 0 Å². The molecule has 0 spiro atoms. The van der Waals surface area contributed by atoms with Gasteiger partial charge in [-0.3, -0.25) is 9.97 Å². The lowest BCUT2D eigenvalue weighted by molar-refractivity contribution is 1.35. The van der Waals surface area contributed by atoms with Crippen molar-refractivity contribution in [1.82, 2.24) is 9.97 Å². The summed E-state index contributed by atoms with van der Waals surface area (Å²) in [6, 6.07) is 35.1. The zero-order chi connectivity index (χ0) is 22.2. The Labute approximate surface area is 196 Å². The highest BCUT2D eigenvalue weighted by atomic mass is 14.7. The Morgan fingerprint density at radius 3 is 2.18 bits per heavy atom. The molecular formula is C32H18N2. The molecule has 0 saturated heterocycles. The van der Waals surface area contributed by atoms with E-state index in [9.17, 15) is 0 Å². The Morgan fingerprint density at radius 2 is 1.21 bits per heavy atom. The van der Waals surface area contributed by atoms with Gasteiger partial charge in [-0.15, -0.1) is 0 Å². The highest BCUT2D eigenvalue weighted by molar-refractivity contribution is 6.28. The average Bonchev–Trinajstić information content (AvgIpc) is 3.23. The molecule has 2 heteroatoms. The average molecular weight is 431 g/mol. The summed E-state index contributed by atoms with van der Waals surface area (Å²) in [6.07, 6.45) is 3.76. The molecule has 8 rings (SSSR count). The number of rotatable bonds is 1. The van der Waals surface area contributed by atoms with Crippen LogP contribution in [0, 0.1) is 0 Å². The maximum absolute atomic E-state index is 4.77. The van der Waals surface area contributed by atoms with Gasteiger partial charge in [0, 0.05) is 28.9 Å². The molecule has 0 saturated carbocycles. The molecule has 2 nitrogen and oxygen atoms in total. The first kappa shape index (κ1) is 17.9. The minimum absolute atomic E-state index is 1.02. The van der Waals surface area contributed by atoms with Crippen LogP contribution in [0.1, 0.15) is 0 Å². The van der Waals surface area contributed by atoms with E-state index in [1.165, 1.54) is 60.1 Å². The molecule has 2 heterocycles. The Kier molecular flexibility index (Phi) is 3.42. The van der Waals surface area contributed by atoms with Crippen molar-refractivity contribution < 1.29 is 0 Å². The topological polar surface area (TPSA) is 25.8 Å². The van der Waals surface area contributed by atoms with Crippen LogP contribution >= 0.6 is 0 Å². The van der Waals surface area contributed by atoms with Gasteiger partial charge >= 0.3 is 0 Å². The van der Waals surface area contributed by atoms with Crippen LogP contribution in [-0.2, 0) is 0 Å². The molecule has 0 atom stereocenters. The second-order valence-electron chi connectivity index (χ2n) is 9.03. The van der Waals surface area contributed by atoms with Gasteiger partial charge in [-0.05, 0) is 79.3 Å². The first-order valence-corrected chi connectivity index (χ1v) is 11.6.